The summed E-state index contributed by atoms with van der Waals surface area (Å²) in [6.07, 6.45) is 4.07. The number of nitrogen functional groups attached to an aromatic ring is 2. The van der Waals surface area contributed by atoms with Crippen molar-refractivity contribution in [2.24, 2.45) is 11.5 Å². The molecule has 4 rings (SSSR count). The van der Waals surface area contributed by atoms with Crippen LogP contribution in [0.15, 0.2) is 77.2 Å². The van der Waals surface area contributed by atoms with Crippen LogP contribution in [0.4, 0.5) is 0 Å². The summed E-state index contributed by atoms with van der Waals surface area (Å²) in [6.45, 7) is 1.31. The molecule has 0 amide bonds. The first-order valence-corrected chi connectivity index (χ1v) is 11.7. The van der Waals surface area contributed by atoms with Gasteiger partial charge in [0, 0.05) is 22.1 Å². The fraction of sp³-hybridized carbons (Fsp3) is 0.214. The van der Waals surface area contributed by atoms with Gasteiger partial charge < -0.3 is 25.4 Å². The van der Waals surface area contributed by atoms with Crippen molar-refractivity contribution in [2.45, 2.75) is 25.7 Å². The van der Waals surface area contributed by atoms with Crippen LogP contribution in [0.25, 0.3) is 22.3 Å². The number of benzene rings is 3. The van der Waals surface area contributed by atoms with Gasteiger partial charge in [-0.25, -0.2) is 0 Å². The lowest BCUT2D eigenvalue weighted by Crippen LogP contribution is -2.10. The lowest BCUT2D eigenvalue weighted by atomic mass is 10.1. The lowest BCUT2D eigenvalue weighted by Gasteiger charge is -2.08. The Kier molecular flexibility index (Phi) is 11.3. The largest absolute Gasteiger partial charge is 0.494 e. The van der Waals surface area contributed by atoms with E-state index in [1.807, 2.05) is 54.6 Å². The maximum absolute atomic E-state index is 7.59. The molecule has 1 aromatic heterocycles. The minimum atomic E-state index is 0. The molecule has 0 aliphatic rings. The molecule has 196 valence electrons. The average Bonchev–Trinajstić information content (AvgIpc) is 3.30. The molecular weight excluding hydrogens is 511 g/mol. The minimum absolute atomic E-state index is 0. The molecule has 1 heterocycles. The second kappa shape index (κ2) is 14.2. The number of unbranched alkanes of at least 4 members (excludes halogenated alkanes) is 3. The van der Waals surface area contributed by atoms with E-state index in [1.54, 1.807) is 18.2 Å². The molecule has 9 heteroatoms. The molecular formula is C28H32Cl2N4O3. The highest BCUT2D eigenvalue weighted by Crippen LogP contribution is 2.30. The second-order valence-electron chi connectivity index (χ2n) is 8.35. The van der Waals surface area contributed by atoms with Crippen molar-refractivity contribution in [1.29, 1.82) is 10.8 Å². The van der Waals surface area contributed by atoms with E-state index in [1.165, 1.54) is 0 Å². The van der Waals surface area contributed by atoms with Crippen LogP contribution in [0.5, 0.6) is 11.5 Å². The van der Waals surface area contributed by atoms with E-state index >= 15 is 0 Å². The molecule has 0 radical (unpaired) electrons. The van der Waals surface area contributed by atoms with E-state index in [0.29, 0.717) is 29.9 Å². The predicted molar refractivity (Wildman–Crippen MR) is 154 cm³/mol. The van der Waals surface area contributed by atoms with Crippen LogP contribution in [0, 0.1) is 10.8 Å². The van der Waals surface area contributed by atoms with Crippen molar-refractivity contribution in [2.75, 3.05) is 13.2 Å². The molecule has 4 aromatic rings. The van der Waals surface area contributed by atoms with Crippen molar-refractivity contribution < 1.29 is 13.9 Å². The quantitative estimate of drug-likeness (QED) is 0.0917. The number of hydrogen-bond donors (Lipinski definition) is 4. The van der Waals surface area contributed by atoms with Gasteiger partial charge in [0.15, 0.2) is 0 Å². The predicted octanol–water partition coefficient (Wildman–Crippen LogP) is 6.53. The van der Waals surface area contributed by atoms with Crippen molar-refractivity contribution >= 4 is 47.5 Å². The molecule has 0 fully saturated rings. The summed E-state index contributed by atoms with van der Waals surface area (Å²) < 4.78 is 17.7. The van der Waals surface area contributed by atoms with Crippen molar-refractivity contribution in [1.82, 2.24) is 0 Å². The Morgan fingerprint density at radius 1 is 0.676 bits per heavy atom. The molecule has 7 nitrogen and oxygen atoms in total. The number of nitrogens with two attached hydrogens (primary N) is 2. The maximum atomic E-state index is 7.59. The lowest BCUT2D eigenvalue weighted by molar-refractivity contribution is 0.287. The number of hydrogen-bond acceptors (Lipinski definition) is 5. The Morgan fingerprint density at radius 2 is 1.30 bits per heavy atom. The molecule has 6 N–H and O–H groups in total. The monoisotopic (exact) mass is 542 g/mol. The third-order valence-corrected chi connectivity index (χ3v) is 5.69. The average molecular weight is 543 g/mol. The minimum Gasteiger partial charge on any atom is -0.494 e. The van der Waals surface area contributed by atoms with Gasteiger partial charge in [0.1, 0.15) is 34.5 Å². The highest BCUT2D eigenvalue weighted by Gasteiger charge is 2.09. The standard InChI is InChI=1S/C28H30N4O3.2ClH/c29-27(30)19-10-12-23(13-11-19)33-14-3-1-2-4-15-34-24-7-5-6-20(16-24)25-17-21-8-9-22(28(31)32)18-26(21)35-25;;/h5-13,16-18H,1-4,14-15H2,(H3,29,30)(H3,31,32);2*1H. The number of halogens is 2. The number of ether oxygens (including phenoxy) is 2. The molecule has 37 heavy (non-hydrogen) atoms. The fourth-order valence-electron chi connectivity index (χ4n) is 3.75. The second-order valence-corrected chi connectivity index (χ2v) is 8.35. The molecule has 0 atom stereocenters. The number of amidine groups is 2. The third kappa shape index (κ3) is 8.17. The zero-order valence-corrected chi connectivity index (χ0v) is 22.0. The van der Waals surface area contributed by atoms with Crippen LogP contribution in [0.1, 0.15) is 36.8 Å². The summed E-state index contributed by atoms with van der Waals surface area (Å²) in [5, 5.41) is 16.0. The van der Waals surface area contributed by atoms with Gasteiger partial charge in [-0.2, -0.15) is 0 Å². The zero-order valence-electron chi connectivity index (χ0n) is 20.4. The van der Waals surface area contributed by atoms with Gasteiger partial charge in [-0.15, -0.1) is 24.8 Å². The molecule has 0 saturated heterocycles. The van der Waals surface area contributed by atoms with Crippen LogP contribution in [0.2, 0.25) is 0 Å². The van der Waals surface area contributed by atoms with Gasteiger partial charge in [0.25, 0.3) is 0 Å². The Balaban J connectivity index is 0.00000241. The molecule has 0 spiro atoms. The number of nitrogens with one attached hydrogen (secondary N) is 2. The molecule has 0 aliphatic heterocycles. The van der Waals surface area contributed by atoms with Crippen LogP contribution < -0.4 is 20.9 Å². The van der Waals surface area contributed by atoms with Gasteiger partial charge >= 0.3 is 0 Å². The Labute approximate surface area is 229 Å². The van der Waals surface area contributed by atoms with Gasteiger partial charge in [-0.3, -0.25) is 10.8 Å². The smallest absolute Gasteiger partial charge is 0.135 e. The summed E-state index contributed by atoms with van der Waals surface area (Å²) in [5.74, 6) is 2.44. The highest BCUT2D eigenvalue weighted by molar-refractivity contribution is 5.98. The first-order chi connectivity index (χ1) is 17.0. The van der Waals surface area contributed by atoms with Gasteiger partial charge in [-0.05, 0) is 74.2 Å². The summed E-state index contributed by atoms with van der Waals surface area (Å²) in [4.78, 5) is 0. The Bertz CT molecular complexity index is 1320. The van der Waals surface area contributed by atoms with Gasteiger partial charge in [-0.1, -0.05) is 24.3 Å². The summed E-state index contributed by atoms with van der Waals surface area (Å²) >= 11 is 0. The summed E-state index contributed by atoms with van der Waals surface area (Å²) in [5.41, 5.74) is 14.0. The number of rotatable bonds is 12. The van der Waals surface area contributed by atoms with Gasteiger partial charge in [0.05, 0.1) is 13.2 Å². The van der Waals surface area contributed by atoms with Crippen LogP contribution in [-0.4, -0.2) is 24.9 Å². The zero-order chi connectivity index (χ0) is 24.6. The normalized spacial score (nSPS) is 10.3. The Morgan fingerprint density at radius 3 is 1.95 bits per heavy atom. The van der Waals surface area contributed by atoms with Crippen molar-refractivity contribution in [3.63, 3.8) is 0 Å². The van der Waals surface area contributed by atoms with E-state index in [9.17, 15) is 0 Å². The van der Waals surface area contributed by atoms with Crippen LogP contribution in [0.3, 0.4) is 0 Å². The SMILES string of the molecule is Cl.Cl.N=C(N)c1ccc(OCCCCCCOc2cccc(-c3cc4ccc(C(=N)N)cc4o3)c2)cc1. The van der Waals surface area contributed by atoms with Crippen LogP contribution >= 0.6 is 24.8 Å². The molecule has 0 unspecified atom stereocenters. The van der Waals surface area contributed by atoms with Gasteiger partial charge in [0.2, 0.25) is 0 Å². The fourth-order valence-corrected chi connectivity index (χ4v) is 3.75. The summed E-state index contributed by atoms with van der Waals surface area (Å²) in [7, 11) is 0. The van der Waals surface area contributed by atoms with Crippen LogP contribution in [-0.2, 0) is 0 Å². The molecule has 0 bridgehead atoms. The number of furan rings is 1. The summed E-state index contributed by atoms with van der Waals surface area (Å²) in [6, 6.07) is 22.7. The third-order valence-electron chi connectivity index (χ3n) is 5.69. The van der Waals surface area contributed by atoms with E-state index in [0.717, 1.165) is 53.9 Å². The van der Waals surface area contributed by atoms with E-state index in [2.05, 4.69) is 0 Å². The first-order valence-electron chi connectivity index (χ1n) is 11.7. The Hall–Kier alpha value is -3.68. The molecule has 0 saturated carbocycles. The van der Waals surface area contributed by atoms with E-state index < -0.39 is 0 Å². The first kappa shape index (κ1) is 29.5. The van der Waals surface area contributed by atoms with E-state index in [4.69, 9.17) is 36.2 Å². The molecule has 3 aromatic carbocycles. The maximum Gasteiger partial charge on any atom is 0.135 e. The van der Waals surface area contributed by atoms with Crippen molar-refractivity contribution in [3.8, 4) is 22.8 Å². The highest BCUT2D eigenvalue weighted by atomic mass is 35.5. The van der Waals surface area contributed by atoms with E-state index in [-0.39, 0.29) is 36.5 Å². The number of fused-ring (bicyclic) bond motifs is 1. The van der Waals surface area contributed by atoms with Crippen molar-refractivity contribution in [3.05, 3.63) is 83.9 Å². The topological polar surface area (TPSA) is 131 Å². The molecule has 0 aliphatic carbocycles.